The number of nitrogens with one attached hydrogen (secondary N) is 1. The van der Waals surface area contributed by atoms with E-state index in [0.717, 1.165) is 17.5 Å². The number of nitrogens with zero attached hydrogens (tertiary/aromatic N) is 3. The Kier molecular flexibility index (Phi) is 4.81. The Bertz CT molecular complexity index is 1350. The molecule has 9 heteroatoms. The molecule has 3 aromatic rings. The van der Waals surface area contributed by atoms with Crippen LogP contribution in [0.4, 0.5) is 0 Å². The van der Waals surface area contributed by atoms with Crippen molar-refractivity contribution in [2.24, 2.45) is 5.41 Å². The Morgan fingerprint density at radius 1 is 1.30 bits per heavy atom. The predicted octanol–water partition coefficient (Wildman–Crippen LogP) is 2.82. The van der Waals surface area contributed by atoms with Gasteiger partial charge >= 0.3 is 5.97 Å². The van der Waals surface area contributed by atoms with Crippen LogP contribution in [0.2, 0.25) is 0 Å². The fraction of sp³-hybridized carbons (Fsp3) is 0.417. The minimum absolute atomic E-state index is 0.0241. The van der Waals surface area contributed by atoms with Gasteiger partial charge in [-0.2, -0.15) is 5.10 Å². The van der Waals surface area contributed by atoms with Crippen molar-refractivity contribution in [3.05, 3.63) is 46.2 Å². The second kappa shape index (κ2) is 7.47. The van der Waals surface area contributed by atoms with Gasteiger partial charge in [0, 0.05) is 24.1 Å². The summed E-state index contributed by atoms with van der Waals surface area (Å²) in [6.45, 7) is 7.13. The van der Waals surface area contributed by atoms with Gasteiger partial charge in [0.05, 0.1) is 30.0 Å². The Balaban J connectivity index is 1.63. The van der Waals surface area contributed by atoms with E-state index < -0.39 is 11.4 Å². The third-order valence-corrected chi connectivity index (χ3v) is 6.49. The van der Waals surface area contributed by atoms with Crippen molar-refractivity contribution in [2.45, 2.75) is 52.2 Å². The van der Waals surface area contributed by atoms with Crippen molar-refractivity contribution in [3.63, 3.8) is 0 Å². The zero-order valence-corrected chi connectivity index (χ0v) is 18.8. The molecule has 0 aliphatic carbocycles. The number of ether oxygens (including phenoxy) is 1. The van der Waals surface area contributed by atoms with Crippen molar-refractivity contribution in [2.75, 3.05) is 6.61 Å². The Labute approximate surface area is 190 Å². The number of aromatic nitrogens is 3. The lowest BCUT2D eigenvalue weighted by atomic mass is 9.85. The van der Waals surface area contributed by atoms with Crippen LogP contribution in [0.5, 0.6) is 5.75 Å². The van der Waals surface area contributed by atoms with Crippen molar-refractivity contribution < 1.29 is 19.4 Å². The number of fused-ring (bicyclic) bond motifs is 5. The largest absolute Gasteiger partial charge is 0.489 e. The number of rotatable bonds is 4. The van der Waals surface area contributed by atoms with Crippen LogP contribution in [0, 0.1) is 5.41 Å². The van der Waals surface area contributed by atoms with Crippen LogP contribution in [0.3, 0.4) is 0 Å². The summed E-state index contributed by atoms with van der Waals surface area (Å²) in [5.74, 6) is -0.587. The van der Waals surface area contributed by atoms with Gasteiger partial charge < -0.3 is 19.7 Å². The highest BCUT2D eigenvalue weighted by atomic mass is 16.5. The SMILES string of the molecule is CC(C)(C)[C@H]1Cn2nc3c(OC[C@@H]4CCC(=O)N4)cccc3c2-c2cc(=O)c(C(=O)O)cn21. The van der Waals surface area contributed by atoms with Crippen LogP contribution < -0.4 is 15.5 Å². The molecule has 0 bridgehead atoms. The minimum atomic E-state index is -1.23. The fourth-order valence-electron chi connectivity index (χ4n) is 4.74. The van der Waals surface area contributed by atoms with E-state index in [-0.39, 0.29) is 29.0 Å². The molecule has 2 aliphatic heterocycles. The van der Waals surface area contributed by atoms with Crippen LogP contribution in [0.25, 0.3) is 22.3 Å². The summed E-state index contributed by atoms with van der Waals surface area (Å²) in [4.78, 5) is 35.7. The second-order valence-corrected chi connectivity index (χ2v) is 9.83. The van der Waals surface area contributed by atoms with Crippen molar-refractivity contribution >= 4 is 22.8 Å². The van der Waals surface area contributed by atoms with Crippen LogP contribution >= 0.6 is 0 Å². The molecule has 0 saturated carbocycles. The molecule has 172 valence electrons. The third-order valence-electron chi connectivity index (χ3n) is 6.49. The molecule has 0 radical (unpaired) electrons. The van der Waals surface area contributed by atoms with Crippen LogP contribution in [-0.2, 0) is 11.3 Å². The smallest absolute Gasteiger partial charge is 0.341 e. The van der Waals surface area contributed by atoms with E-state index in [2.05, 4.69) is 26.1 Å². The minimum Gasteiger partial charge on any atom is -0.489 e. The highest BCUT2D eigenvalue weighted by molar-refractivity contribution is 5.96. The summed E-state index contributed by atoms with van der Waals surface area (Å²) in [7, 11) is 0. The van der Waals surface area contributed by atoms with Gasteiger partial charge in [-0.15, -0.1) is 0 Å². The Morgan fingerprint density at radius 2 is 2.09 bits per heavy atom. The number of aromatic carboxylic acids is 1. The molecule has 1 fully saturated rings. The number of carboxylic acids is 1. The quantitative estimate of drug-likeness (QED) is 0.632. The van der Waals surface area contributed by atoms with E-state index in [4.69, 9.17) is 9.84 Å². The number of hydrogen-bond acceptors (Lipinski definition) is 5. The summed E-state index contributed by atoms with van der Waals surface area (Å²) in [5.41, 5.74) is 1.09. The van der Waals surface area contributed by atoms with Crippen molar-refractivity contribution in [1.82, 2.24) is 19.7 Å². The number of carbonyl (C=O) groups is 2. The third kappa shape index (κ3) is 3.57. The number of carboxylic acid groups (broad SMARTS) is 1. The number of hydrogen-bond donors (Lipinski definition) is 2. The molecule has 1 amide bonds. The topological polar surface area (TPSA) is 115 Å². The number of amides is 1. The molecule has 2 atom stereocenters. The van der Waals surface area contributed by atoms with Crippen molar-refractivity contribution in [1.29, 1.82) is 0 Å². The number of benzene rings is 1. The molecule has 0 spiro atoms. The van der Waals surface area contributed by atoms with E-state index in [1.54, 1.807) is 0 Å². The normalized spacial score (nSPS) is 19.8. The maximum atomic E-state index is 12.6. The lowest BCUT2D eigenvalue weighted by molar-refractivity contribution is -0.119. The summed E-state index contributed by atoms with van der Waals surface area (Å²) in [5, 5.41) is 18.1. The summed E-state index contributed by atoms with van der Waals surface area (Å²) >= 11 is 0. The van der Waals surface area contributed by atoms with Gasteiger partial charge in [-0.3, -0.25) is 14.3 Å². The van der Waals surface area contributed by atoms with Gasteiger partial charge in [0.2, 0.25) is 5.91 Å². The van der Waals surface area contributed by atoms with Gasteiger partial charge in [0.25, 0.3) is 0 Å². The molecule has 2 N–H and O–H groups in total. The van der Waals surface area contributed by atoms with E-state index in [1.165, 1.54) is 12.3 Å². The molecular weight excluding hydrogens is 424 g/mol. The van der Waals surface area contributed by atoms with Gasteiger partial charge in [0.15, 0.2) is 5.43 Å². The zero-order chi connectivity index (χ0) is 23.5. The highest BCUT2D eigenvalue weighted by Gasteiger charge is 2.35. The van der Waals surface area contributed by atoms with Crippen LogP contribution in [-0.4, -0.2) is 44.0 Å². The first kappa shape index (κ1) is 21.2. The van der Waals surface area contributed by atoms with E-state index in [0.29, 0.717) is 36.5 Å². The lowest BCUT2D eigenvalue weighted by Gasteiger charge is -2.38. The summed E-state index contributed by atoms with van der Waals surface area (Å²) in [6, 6.07) is 6.92. The highest BCUT2D eigenvalue weighted by Crippen LogP contribution is 2.43. The summed E-state index contributed by atoms with van der Waals surface area (Å²) < 4.78 is 9.84. The molecule has 4 heterocycles. The molecule has 33 heavy (non-hydrogen) atoms. The molecule has 1 saturated heterocycles. The maximum Gasteiger partial charge on any atom is 0.341 e. The molecular formula is C24H26N4O5. The monoisotopic (exact) mass is 450 g/mol. The van der Waals surface area contributed by atoms with Crippen LogP contribution in [0.15, 0.2) is 35.3 Å². The fourth-order valence-corrected chi connectivity index (χ4v) is 4.74. The molecule has 2 aliphatic rings. The van der Waals surface area contributed by atoms with Crippen LogP contribution in [0.1, 0.15) is 50.0 Å². The first-order valence-corrected chi connectivity index (χ1v) is 11.0. The Morgan fingerprint density at radius 3 is 2.76 bits per heavy atom. The zero-order valence-electron chi connectivity index (χ0n) is 18.8. The number of pyridine rings is 1. The molecule has 1 aromatic carbocycles. The molecule has 0 unspecified atom stereocenters. The standard InChI is InChI=1S/C24H26N4O5/c1-24(2,3)19-11-28-22(16-9-17(29)15(23(31)32)10-27(16)19)14-5-4-6-18(21(14)26-28)33-12-13-7-8-20(30)25-13/h4-6,9-10,13,19H,7-8,11-12H2,1-3H3,(H,25,30)(H,31,32)/t13-,19+/m0/s1. The van der Waals surface area contributed by atoms with Gasteiger partial charge in [-0.25, -0.2) is 4.79 Å². The Hall–Kier alpha value is -3.62. The first-order chi connectivity index (χ1) is 15.6. The number of carbonyl (C=O) groups excluding carboxylic acids is 1. The first-order valence-electron chi connectivity index (χ1n) is 11.0. The summed E-state index contributed by atoms with van der Waals surface area (Å²) in [6.07, 6.45) is 2.71. The van der Waals surface area contributed by atoms with E-state index in [1.807, 2.05) is 27.4 Å². The lowest BCUT2D eigenvalue weighted by Crippen LogP contribution is -2.35. The van der Waals surface area contributed by atoms with Gasteiger partial charge in [-0.1, -0.05) is 32.9 Å². The molecule has 5 rings (SSSR count). The average Bonchev–Trinajstić information content (AvgIpc) is 3.33. The van der Waals surface area contributed by atoms with E-state index in [9.17, 15) is 19.5 Å². The average molecular weight is 450 g/mol. The van der Waals surface area contributed by atoms with Crippen molar-refractivity contribution in [3.8, 4) is 17.1 Å². The molecule has 9 nitrogen and oxygen atoms in total. The second-order valence-electron chi connectivity index (χ2n) is 9.83. The van der Waals surface area contributed by atoms with E-state index >= 15 is 0 Å². The van der Waals surface area contributed by atoms with Gasteiger partial charge in [-0.05, 0) is 17.9 Å². The predicted molar refractivity (Wildman–Crippen MR) is 122 cm³/mol. The molecule has 2 aromatic heterocycles. The van der Waals surface area contributed by atoms with Gasteiger partial charge in [0.1, 0.15) is 23.4 Å². The maximum absolute atomic E-state index is 12.6.